The van der Waals surface area contributed by atoms with Crippen molar-refractivity contribution in [2.45, 2.75) is 25.2 Å². The standard InChI is InChI=1S/C16H21NO3S/c1-11-3-5-14(6-4-11)21-8-7-15(18)17-9-13(10-17)12(2)16(19)20/h3-6,12-13H,7-10H2,1-2H3,(H,19,20). The summed E-state index contributed by atoms with van der Waals surface area (Å²) in [6, 6.07) is 8.27. The molecule has 1 atom stereocenters. The van der Waals surface area contributed by atoms with Crippen molar-refractivity contribution in [1.29, 1.82) is 0 Å². The summed E-state index contributed by atoms with van der Waals surface area (Å²) >= 11 is 1.68. The van der Waals surface area contributed by atoms with Gasteiger partial charge < -0.3 is 10.0 Å². The molecule has 114 valence electrons. The fourth-order valence-electron chi connectivity index (χ4n) is 2.28. The van der Waals surface area contributed by atoms with Gasteiger partial charge in [0.05, 0.1) is 5.92 Å². The summed E-state index contributed by atoms with van der Waals surface area (Å²) in [5.41, 5.74) is 1.23. The van der Waals surface area contributed by atoms with E-state index in [1.54, 1.807) is 23.6 Å². The van der Waals surface area contributed by atoms with Gasteiger partial charge in [0, 0.05) is 36.1 Å². The molecule has 1 aromatic carbocycles. The van der Waals surface area contributed by atoms with Crippen LogP contribution in [0, 0.1) is 18.8 Å². The average molecular weight is 307 g/mol. The van der Waals surface area contributed by atoms with Crippen molar-refractivity contribution in [1.82, 2.24) is 4.90 Å². The molecule has 2 rings (SSSR count). The maximum atomic E-state index is 12.0. The molecule has 0 aromatic heterocycles. The van der Waals surface area contributed by atoms with Crippen molar-refractivity contribution in [2.75, 3.05) is 18.8 Å². The summed E-state index contributed by atoms with van der Waals surface area (Å²) in [5, 5.41) is 8.92. The van der Waals surface area contributed by atoms with E-state index in [1.807, 2.05) is 0 Å². The summed E-state index contributed by atoms with van der Waals surface area (Å²) < 4.78 is 0. The molecule has 1 heterocycles. The Morgan fingerprint density at radius 1 is 1.33 bits per heavy atom. The Morgan fingerprint density at radius 2 is 1.95 bits per heavy atom. The molecule has 5 heteroatoms. The van der Waals surface area contributed by atoms with Crippen molar-refractivity contribution in [3.63, 3.8) is 0 Å². The van der Waals surface area contributed by atoms with E-state index in [0.29, 0.717) is 19.5 Å². The predicted molar refractivity (Wildman–Crippen MR) is 83.4 cm³/mol. The zero-order valence-electron chi connectivity index (χ0n) is 12.4. The van der Waals surface area contributed by atoms with Crippen LogP contribution in [0.4, 0.5) is 0 Å². The van der Waals surface area contributed by atoms with Crippen LogP contribution < -0.4 is 0 Å². The molecule has 0 bridgehead atoms. The number of hydrogen-bond acceptors (Lipinski definition) is 3. The minimum Gasteiger partial charge on any atom is -0.481 e. The molecular formula is C16H21NO3S. The van der Waals surface area contributed by atoms with Crippen LogP contribution in [-0.4, -0.2) is 40.7 Å². The molecule has 4 nitrogen and oxygen atoms in total. The number of likely N-dealkylation sites (tertiary alicyclic amines) is 1. The van der Waals surface area contributed by atoms with Gasteiger partial charge in [-0.15, -0.1) is 11.8 Å². The molecule has 0 aliphatic carbocycles. The number of thioether (sulfide) groups is 1. The molecule has 1 aliphatic heterocycles. The van der Waals surface area contributed by atoms with E-state index in [1.165, 1.54) is 10.5 Å². The Bertz CT molecular complexity index is 509. The molecule has 1 saturated heterocycles. The molecule has 0 radical (unpaired) electrons. The lowest BCUT2D eigenvalue weighted by molar-refractivity contribution is -0.150. The van der Waals surface area contributed by atoms with Gasteiger partial charge in [-0.2, -0.15) is 0 Å². The van der Waals surface area contributed by atoms with E-state index in [0.717, 1.165) is 5.75 Å². The van der Waals surface area contributed by atoms with Gasteiger partial charge in [-0.05, 0) is 19.1 Å². The Labute approximate surface area is 129 Å². The molecule has 1 aromatic rings. The lowest BCUT2D eigenvalue weighted by Gasteiger charge is -2.41. The van der Waals surface area contributed by atoms with Crippen molar-refractivity contribution in [3.05, 3.63) is 29.8 Å². The smallest absolute Gasteiger partial charge is 0.306 e. The fourth-order valence-corrected chi connectivity index (χ4v) is 3.12. The highest BCUT2D eigenvalue weighted by molar-refractivity contribution is 7.99. The van der Waals surface area contributed by atoms with Crippen LogP contribution in [0.15, 0.2) is 29.2 Å². The van der Waals surface area contributed by atoms with Crippen LogP contribution in [-0.2, 0) is 9.59 Å². The predicted octanol–water partition coefficient (Wildman–Crippen LogP) is 2.66. The van der Waals surface area contributed by atoms with Crippen molar-refractivity contribution in [3.8, 4) is 0 Å². The number of benzene rings is 1. The Morgan fingerprint density at radius 3 is 2.52 bits per heavy atom. The second kappa shape index (κ2) is 6.98. The third-order valence-electron chi connectivity index (χ3n) is 3.96. The number of aliphatic carboxylic acids is 1. The molecule has 0 spiro atoms. The zero-order valence-corrected chi connectivity index (χ0v) is 13.2. The molecule has 1 aliphatic rings. The lowest BCUT2D eigenvalue weighted by atomic mass is 9.87. The average Bonchev–Trinajstić information content (AvgIpc) is 2.39. The molecular weight excluding hydrogens is 286 g/mol. The number of aryl methyl sites for hydroxylation is 1. The van der Waals surface area contributed by atoms with E-state index in [2.05, 4.69) is 31.2 Å². The number of nitrogens with zero attached hydrogens (tertiary/aromatic N) is 1. The number of hydrogen-bond donors (Lipinski definition) is 1. The van der Waals surface area contributed by atoms with Gasteiger partial charge in [0.15, 0.2) is 0 Å². The quantitative estimate of drug-likeness (QED) is 0.821. The summed E-state index contributed by atoms with van der Waals surface area (Å²) in [6.45, 7) is 4.93. The molecule has 1 fully saturated rings. The number of amides is 1. The SMILES string of the molecule is Cc1ccc(SCCC(=O)N2CC(C(C)C(=O)O)C2)cc1. The zero-order chi connectivity index (χ0) is 15.4. The van der Waals surface area contributed by atoms with Crippen LogP contribution in [0.1, 0.15) is 18.9 Å². The van der Waals surface area contributed by atoms with Gasteiger partial charge in [0.2, 0.25) is 5.91 Å². The summed E-state index contributed by atoms with van der Waals surface area (Å²) in [4.78, 5) is 25.8. The first-order valence-corrected chi connectivity index (χ1v) is 8.16. The van der Waals surface area contributed by atoms with Gasteiger partial charge >= 0.3 is 5.97 Å². The third kappa shape index (κ3) is 4.24. The molecule has 21 heavy (non-hydrogen) atoms. The summed E-state index contributed by atoms with van der Waals surface area (Å²) in [7, 11) is 0. The van der Waals surface area contributed by atoms with Crippen molar-refractivity contribution >= 4 is 23.6 Å². The van der Waals surface area contributed by atoms with E-state index >= 15 is 0 Å². The van der Waals surface area contributed by atoms with E-state index in [4.69, 9.17) is 5.11 Å². The van der Waals surface area contributed by atoms with Crippen LogP contribution in [0.25, 0.3) is 0 Å². The van der Waals surface area contributed by atoms with Gasteiger partial charge in [-0.3, -0.25) is 9.59 Å². The Hall–Kier alpha value is -1.49. The maximum absolute atomic E-state index is 12.0. The van der Waals surface area contributed by atoms with Gasteiger partial charge in [-0.25, -0.2) is 0 Å². The second-order valence-corrected chi connectivity index (χ2v) is 6.77. The maximum Gasteiger partial charge on any atom is 0.306 e. The lowest BCUT2D eigenvalue weighted by Crippen LogP contribution is -2.53. The first kappa shape index (κ1) is 15.9. The second-order valence-electron chi connectivity index (χ2n) is 5.60. The van der Waals surface area contributed by atoms with Gasteiger partial charge in [0.1, 0.15) is 0 Å². The first-order valence-electron chi connectivity index (χ1n) is 7.17. The topological polar surface area (TPSA) is 57.6 Å². The molecule has 1 amide bonds. The highest BCUT2D eigenvalue weighted by Crippen LogP contribution is 2.25. The number of carboxylic acid groups (broad SMARTS) is 1. The monoisotopic (exact) mass is 307 g/mol. The minimum absolute atomic E-state index is 0.108. The number of carbonyl (C=O) groups is 2. The highest BCUT2D eigenvalue weighted by Gasteiger charge is 2.36. The van der Waals surface area contributed by atoms with Gasteiger partial charge in [0.25, 0.3) is 0 Å². The van der Waals surface area contributed by atoms with Crippen LogP contribution in [0.5, 0.6) is 0 Å². The molecule has 1 unspecified atom stereocenters. The fraction of sp³-hybridized carbons (Fsp3) is 0.500. The number of carbonyl (C=O) groups excluding carboxylic acids is 1. The van der Waals surface area contributed by atoms with Crippen LogP contribution >= 0.6 is 11.8 Å². The number of rotatable bonds is 6. The van der Waals surface area contributed by atoms with Crippen LogP contribution in [0.3, 0.4) is 0 Å². The molecule has 1 N–H and O–H groups in total. The van der Waals surface area contributed by atoms with Crippen molar-refractivity contribution < 1.29 is 14.7 Å². The third-order valence-corrected chi connectivity index (χ3v) is 4.98. The van der Waals surface area contributed by atoms with Gasteiger partial charge in [-0.1, -0.05) is 24.6 Å². The first-order chi connectivity index (χ1) is 9.97. The Kier molecular flexibility index (Phi) is 5.28. The molecule has 0 saturated carbocycles. The summed E-state index contributed by atoms with van der Waals surface area (Å²) in [6.07, 6.45) is 0.507. The Balaban J connectivity index is 1.67. The van der Waals surface area contributed by atoms with E-state index in [9.17, 15) is 9.59 Å². The normalized spacial score (nSPS) is 16.4. The largest absolute Gasteiger partial charge is 0.481 e. The highest BCUT2D eigenvalue weighted by atomic mass is 32.2. The minimum atomic E-state index is -0.776. The van der Waals surface area contributed by atoms with Crippen molar-refractivity contribution in [2.24, 2.45) is 11.8 Å². The van der Waals surface area contributed by atoms with E-state index in [-0.39, 0.29) is 17.7 Å². The number of carboxylic acids is 1. The van der Waals surface area contributed by atoms with Crippen LogP contribution in [0.2, 0.25) is 0 Å². The van der Waals surface area contributed by atoms with E-state index < -0.39 is 5.97 Å². The summed E-state index contributed by atoms with van der Waals surface area (Å²) in [5.74, 6) is -0.143.